The summed E-state index contributed by atoms with van der Waals surface area (Å²) in [5.41, 5.74) is 1.22. The molecule has 0 spiro atoms. The third-order valence-electron chi connectivity index (χ3n) is 2.69. The summed E-state index contributed by atoms with van der Waals surface area (Å²) in [6, 6.07) is 13.1. The molecule has 0 radical (unpaired) electrons. The predicted octanol–water partition coefficient (Wildman–Crippen LogP) is 3.72. The van der Waals surface area contributed by atoms with Crippen molar-refractivity contribution < 1.29 is 9.72 Å². The van der Waals surface area contributed by atoms with Gasteiger partial charge in [0.05, 0.1) is 4.92 Å². The molecule has 0 atom stereocenters. The molecule has 4 nitrogen and oxygen atoms in total. The Kier molecular flexibility index (Phi) is 4.06. The molecule has 0 saturated heterocycles. The van der Waals surface area contributed by atoms with Gasteiger partial charge >= 0.3 is 0 Å². The van der Waals surface area contributed by atoms with E-state index in [0.717, 1.165) is 5.56 Å². The van der Waals surface area contributed by atoms with Gasteiger partial charge in [0, 0.05) is 17.0 Å². The molecule has 0 fully saturated rings. The summed E-state index contributed by atoms with van der Waals surface area (Å²) in [4.78, 5) is 22.8. The Balaban J connectivity index is 2.54. The first-order valence-electron chi connectivity index (χ1n) is 5.56. The Bertz CT molecular complexity index is 626. The van der Waals surface area contributed by atoms with Gasteiger partial charge in [-0.05, 0) is 11.6 Å². The zero-order valence-electron chi connectivity index (χ0n) is 9.88. The lowest BCUT2D eigenvalue weighted by Gasteiger charge is -2.04. The minimum absolute atomic E-state index is 0.119. The van der Waals surface area contributed by atoms with E-state index in [1.807, 2.05) is 0 Å². The van der Waals surface area contributed by atoms with E-state index >= 15 is 0 Å². The van der Waals surface area contributed by atoms with E-state index in [0.29, 0.717) is 10.9 Å². The second-order valence-corrected chi connectivity index (χ2v) is 4.50. The summed E-state index contributed by atoms with van der Waals surface area (Å²) in [5, 5.41) is 11.5. The van der Waals surface area contributed by atoms with Crippen LogP contribution in [0.25, 0.3) is 0 Å². The van der Waals surface area contributed by atoms with E-state index in [2.05, 4.69) is 15.9 Å². The topological polar surface area (TPSA) is 60.2 Å². The van der Waals surface area contributed by atoms with Crippen LogP contribution in [0.15, 0.2) is 48.5 Å². The molecule has 96 valence electrons. The fourth-order valence-corrected chi connectivity index (χ4v) is 2.10. The van der Waals surface area contributed by atoms with E-state index in [4.69, 9.17) is 0 Å². The standard InChI is InChI=1S/C14H10BrNO3/c15-9-10-6-7-13(16(18)19)12(8-10)14(17)11-4-2-1-3-5-11/h1-8H,9H2. The maximum Gasteiger partial charge on any atom is 0.280 e. The van der Waals surface area contributed by atoms with Gasteiger partial charge in [-0.1, -0.05) is 52.3 Å². The summed E-state index contributed by atoms with van der Waals surface area (Å²) in [6.07, 6.45) is 0. The molecule has 0 heterocycles. The number of hydrogen-bond acceptors (Lipinski definition) is 3. The van der Waals surface area contributed by atoms with Crippen LogP contribution in [0.2, 0.25) is 0 Å². The van der Waals surface area contributed by atoms with Gasteiger partial charge in [-0.2, -0.15) is 0 Å². The molecule has 2 aromatic carbocycles. The smallest absolute Gasteiger partial charge is 0.280 e. The van der Waals surface area contributed by atoms with Crippen molar-refractivity contribution in [2.45, 2.75) is 5.33 Å². The maximum absolute atomic E-state index is 12.3. The summed E-state index contributed by atoms with van der Waals surface area (Å²) in [6.45, 7) is 0. The average Bonchev–Trinajstić information content (AvgIpc) is 2.46. The van der Waals surface area contributed by atoms with Crippen LogP contribution in [-0.4, -0.2) is 10.7 Å². The third-order valence-corrected chi connectivity index (χ3v) is 3.34. The average molecular weight is 320 g/mol. The lowest BCUT2D eigenvalue weighted by atomic mass is 10.00. The number of nitro groups is 1. The van der Waals surface area contributed by atoms with Gasteiger partial charge in [-0.3, -0.25) is 14.9 Å². The highest BCUT2D eigenvalue weighted by atomic mass is 79.9. The summed E-state index contributed by atoms with van der Waals surface area (Å²) >= 11 is 3.28. The van der Waals surface area contributed by atoms with E-state index < -0.39 is 4.92 Å². The van der Waals surface area contributed by atoms with Crippen LogP contribution in [-0.2, 0) is 5.33 Å². The van der Waals surface area contributed by atoms with E-state index in [1.54, 1.807) is 42.5 Å². The van der Waals surface area contributed by atoms with E-state index in [1.165, 1.54) is 6.07 Å². The molecule has 0 N–H and O–H groups in total. The number of carbonyl (C=O) groups is 1. The number of benzene rings is 2. The molecular formula is C14H10BrNO3. The highest BCUT2D eigenvalue weighted by Crippen LogP contribution is 2.24. The van der Waals surface area contributed by atoms with E-state index in [-0.39, 0.29) is 17.0 Å². The Morgan fingerprint density at radius 2 is 1.84 bits per heavy atom. The molecular weight excluding hydrogens is 310 g/mol. The largest absolute Gasteiger partial charge is 0.288 e. The molecule has 19 heavy (non-hydrogen) atoms. The summed E-state index contributed by atoms with van der Waals surface area (Å²) in [7, 11) is 0. The van der Waals surface area contributed by atoms with Crippen molar-refractivity contribution in [1.82, 2.24) is 0 Å². The van der Waals surface area contributed by atoms with E-state index in [9.17, 15) is 14.9 Å². The molecule has 2 aromatic rings. The molecule has 0 aliphatic carbocycles. The van der Waals surface area contributed by atoms with Crippen molar-refractivity contribution in [1.29, 1.82) is 0 Å². The van der Waals surface area contributed by atoms with Crippen LogP contribution >= 0.6 is 15.9 Å². The molecule has 5 heteroatoms. The highest BCUT2D eigenvalue weighted by molar-refractivity contribution is 9.08. The zero-order chi connectivity index (χ0) is 13.8. The first-order chi connectivity index (χ1) is 9.13. The fourth-order valence-electron chi connectivity index (χ4n) is 1.75. The highest BCUT2D eigenvalue weighted by Gasteiger charge is 2.21. The molecule has 0 aromatic heterocycles. The lowest BCUT2D eigenvalue weighted by Crippen LogP contribution is -2.06. The number of alkyl halides is 1. The van der Waals surface area contributed by atoms with Crippen molar-refractivity contribution in [2.75, 3.05) is 0 Å². The number of halogens is 1. The van der Waals surface area contributed by atoms with Crippen molar-refractivity contribution >= 4 is 27.4 Å². The first kappa shape index (κ1) is 13.4. The zero-order valence-corrected chi connectivity index (χ0v) is 11.5. The number of nitrogens with zero attached hydrogens (tertiary/aromatic N) is 1. The van der Waals surface area contributed by atoms with Crippen LogP contribution in [0.3, 0.4) is 0 Å². The minimum atomic E-state index is -0.534. The second-order valence-electron chi connectivity index (χ2n) is 3.94. The predicted molar refractivity (Wildman–Crippen MR) is 75.6 cm³/mol. The van der Waals surface area contributed by atoms with Gasteiger partial charge in [-0.25, -0.2) is 0 Å². The molecule has 0 aliphatic rings. The van der Waals surface area contributed by atoms with Gasteiger partial charge in [0.1, 0.15) is 5.56 Å². The summed E-state index contributed by atoms with van der Waals surface area (Å²) in [5.74, 6) is -0.338. The minimum Gasteiger partial charge on any atom is -0.288 e. The molecule has 0 bridgehead atoms. The van der Waals surface area contributed by atoms with Gasteiger partial charge < -0.3 is 0 Å². The third kappa shape index (κ3) is 2.88. The Morgan fingerprint density at radius 1 is 1.16 bits per heavy atom. The molecule has 2 rings (SSSR count). The SMILES string of the molecule is O=C(c1ccccc1)c1cc(CBr)ccc1[N+](=O)[O-]. The van der Waals surface area contributed by atoms with Crippen LogP contribution < -0.4 is 0 Å². The van der Waals surface area contributed by atoms with Gasteiger partial charge in [0.25, 0.3) is 5.69 Å². The number of nitro benzene ring substituents is 1. The number of hydrogen-bond donors (Lipinski definition) is 0. The van der Waals surface area contributed by atoms with Gasteiger partial charge in [0.15, 0.2) is 5.78 Å². The van der Waals surface area contributed by atoms with Gasteiger partial charge in [-0.15, -0.1) is 0 Å². The summed E-state index contributed by atoms with van der Waals surface area (Å²) < 4.78 is 0. The van der Waals surface area contributed by atoms with Crippen molar-refractivity contribution in [2.24, 2.45) is 0 Å². The Labute approximate surface area is 118 Å². The van der Waals surface area contributed by atoms with Gasteiger partial charge in [0.2, 0.25) is 0 Å². The second kappa shape index (κ2) is 5.75. The monoisotopic (exact) mass is 319 g/mol. The Hall–Kier alpha value is -2.01. The first-order valence-corrected chi connectivity index (χ1v) is 6.68. The number of ketones is 1. The normalized spacial score (nSPS) is 10.2. The quantitative estimate of drug-likeness (QED) is 0.373. The molecule has 0 aliphatic heterocycles. The van der Waals surface area contributed by atoms with Crippen LogP contribution in [0.1, 0.15) is 21.5 Å². The van der Waals surface area contributed by atoms with Crippen molar-refractivity contribution in [3.8, 4) is 0 Å². The fraction of sp³-hybridized carbons (Fsp3) is 0.0714. The number of carbonyl (C=O) groups excluding carboxylic acids is 1. The molecule has 0 unspecified atom stereocenters. The van der Waals surface area contributed by atoms with Crippen molar-refractivity contribution in [3.05, 3.63) is 75.3 Å². The Morgan fingerprint density at radius 3 is 2.42 bits per heavy atom. The lowest BCUT2D eigenvalue weighted by molar-refractivity contribution is -0.385. The van der Waals surface area contributed by atoms with Crippen LogP contribution in [0, 0.1) is 10.1 Å². The maximum atomic E-state index is 12.3. The number of rotatable bonds is 4. The van der Waals surface area contributed by atoms with Crippen LogP contribution in [0.4, 0.5) is 5.69 Å². The molecule has 0 saturated carbocycles. The molecule has 0 amide bonds. The van der Waals surface area contributed by atoms with Crippen molar-refractivity contribution in [3.63, 3.8) is 0 Å². The van der Waals surface area contributed by atoms with Crippen LogP contribution in [0.5, 0.6) is 0 Å².